The number of likely N-dealkylation sites (N-methyl/N-ethyl adjacent to an activating group) is 1. The van der Waals surface area contributed by atoms with Gasteiger partial charge in [0.1, 0.15) is 11.5 Å². The van der Waals surface area contributed by atoms with E-state index in [4.69, 9.17) is 9.47 Å². The molecule has 0 aliphatic heterocycles. The molecule has 0 aliphatic rings. The monoisotopic (exact) mass is 368 g/mol. The zero-order valence-corrected chi connectivity index (χ0v) is 16.4. The van der Waals surface area contributed by atoms with E-state index in [0.717, 1.165) is 22.6 Å². The minimum atomic E-state index is -0.150. The van der Waals surface area contributed by atoms with Crippen LogP contribution in [0.1, 0.15) is 24.1 Å². The van der Waals surface area contributed by atoms with Crippen LogP contribution in [0.4, 0.5) is 0 Å². The highest BCUT2D eigenvalue weighted by atomic mass is 16.5. The molecule has 1 N–H and O–H groups in total. The number of para-hydroxylation sites is 2. The lowest BCUT2D eigenvalue weighted by molar-refractivity contribution is -0.116. The van der Waals surface area contributed by atoms with E-state index >= 15 is 0 Å². The van der Waals surface area contributed by atoms with Gasteiger partial charge in [-0.05, 0) is 39.2 Å². The van der Waals surface area contributed by atoms with Gasteiger partial charge in [-0.3, -0.25) is 4.79 Å². The second-order valence-electron chi connectivity index (χ2n) is 6.27. The predicted molar refractivity (Wildman–Crippen MR) is 109 cm³/mol. The average molecular weight is 368 g/mol. The smallest absolute Gasteiger partial charge is 0.244 e. The van der Waals surface area contributed by atoms with E-state index < -0.39 is 0 Å². The Balaban J connectivity index is 2.04. The van der Waals surface area contributed by atoms with E-state index in [2.05, 4.69) is 10.2 Å². The Labute approximate surface area is 161 Å². The number of nitrogens with one attached hydrogen (secondary N) is 1. The van der Waals surface area contributed by atoms with Gasteiger partial charge in [0.15, 0.2) is 0 Å². The Morgan fingerprint density at radius 2 is 1.78 bits per heavy atom. The molecule has 2 rings (SSSR count). The van der Waals surface area contributed by atoms with Gasteiger partial charge in [0.25, 0.3) is 0 Å². The van der Waals surface area contributed by atoms with Crippen molar-refractivity contribution in [3.63, 3.8) is 0 Å². The Morgan fingerprint density at radius 1 is 1.11 bits per heavy atom. The summed E-state index contributed by atoms with van der Waals surface area (Å²) in [6, 6.07) is 15.5. The van der Waals surface area contributed by atoms with Crippen molar-refractivity contribution in [1.82, 2.24) is 10.2 Å². The molecule has 0 saturated heterocycles. The van der Waals surface area contributed by atoms with Gasteiger partial charge in [-0.25, -0.2) is 0 Å². The lowest BCUT2D eigenvalue weighted by atomic mass is 10.0. The molecule has 0 bridgehead atoms. The van der Waals surface area contributed by atoms with Crippen molar-refractivity contribution in [2.75, 3.05) is 34.4 Å². The number of methoxy groups -OCH3 is 1. The molecule has 0 heterocycles. The number of carbonyl (C=O) groups is 1. The number of benzene rings is 2. The predicted octanol–water partition coefficient (Wildman–Crippen LogP) is 3.53. The van der Waals surface area contributed by atoms with Crippen LogP contribution in [-0.2, 0) is 4.79 Å². The SMILES string of the molecule is CCOc1ccccc1/C=C/C(=O)NCC(c1ccccc1OC)N(C)C. The molecular weight excluding hydrogens is 340 g/mol. The molecule has 5 heteroatoms. The van der Waals surface area contributed by atoms with Crippen molar-refractivity contribution in [3.05, 3.63) is 65.7 Å². The lowest BCUT2D eigenvalue weighted by Gasteiger charge is -2.26. The quantitative estimate of drug-likeness (QED) is 0.688. The summed E-state index contributed by atoms with van der Waals surface area (Å²) < 4.78 is 11.0. The fraction of sp³-hybridized carbons (Fsp3) is 0.318. The molecule has 1 atom stereocenters. The zero-order chi connectivity index (χ0) is 19.6. The molecule has 144 valence electrons. The van der Waals surface area contributed by atoms with Crippen molar-refractivity contribution >= 4 is 12.0 Å². The highest BCUT2D eigenvalue weighted by molar-refractivity contribution is 5.92. The summed E-state index contributed by atoms with van der Waals surface area (Å²) in [6.07, 6.45) is 3.31. The van der Waals surface area contributed by atoms with Gasteiger partial charge in [-0.15, -0.1) is 0 Å². The van der Waals surface area contributed by atoms with Crippen molar-refractivity contribution in [2.45, 2.75) is 13.0 Å². The highest BCUT2D eigenvalue weighted by Gasteiger charge is 2.18. The Morgan fingerprint density at radius 3 is 2.44 bits per heavy atom. The normalized spacial score (nSPS) is 12.2. The van der Waals surface area contributed by atoms with Gasteiger partial charge < -0.3 is 19.7 Å². The first-order valence-electron chi connectivity index (χ1n) is 9.03. The molecule has 2 aromatic carbocycles. The molecule has 0 aromatic heterocycles. The lowest BCUT2D eigenvalue weighted by Crippen LogP contribution is -2.33. The highest BCUT2D eigenvalue weighted by Crippen LogP contribution is 2.27. The summed E-state index contributed by atoms with van der Waals surface area (Å²) >= 11 is 0. The van der Waals surface area contributed by atoms with Gasteiger partial charge in [-0.2, -0.15) is 0 Å². The third kappa shape index (κ3) is 5.86. The fourth-order valence-corrected chi connectivity index (χ4v) is 2.84. The Hall–Kier alpha value is -2.79. The van der Waals surface area contributed by atoms with Crippen LogP contribution in [0.2, 0.25) is 0 Å². The summed E-state index contributed by atoms with van der Waals surface area (Å²) in [5, 5.41) is 2.97. The maximum Gasteiger partial charge on any atom is 0.244 e. The number of hydrogen-bond donors (Lipinski definition) is 1. The molecule has 0 radical (unpaired) electrons. The van der Waals surface area contributed by atoms with E-state index in [9.17, 15) is 4.79 Å². The van der Waals surface area contributed by atoms with E-state index in [1.54, 1.807) is 13.2 Å². The first-order chi connectivity index (χ1) is 13.1. The molecule has 2 aromatic rings. The molecule has 27 heavy (non-hydrogen) atoms. The summed E-state index contributed by atoms with van der Waals surface area (Å²) in [4.78, 5) is 14.4. The fourth-order valence-electron chi connectivity index (χ4n) is 2.84. The molecule has 1 unspecified atom stereocenters. The molecule has 5 nitrogen and oxygen atoms in total. The van der Waals surface area contributed by atoms with Crippen molar-refractivity contribution in [1.29, 1.82) is 0 Å². The summed E-state index contributed by atoms with van der Waals surface area (Å²) in [7, 11) is 5.62. The van der Waals surface area contributed by atoms with Gasteiger partial charge >= 0.3 is 0 Å². The topological polar surface area (TPSA) is 50.8 Å². The Bertz CT molecular complexity index is 772. The number of ether oxygens (including phenoxy) is 2. The standard InChI is InChI=1S/C22H28N2O3/c1-5-27-20-12-8-6-10-17(20)14-15-22(25)23-16-19(24(2)3)18-11-7-9-13-21(18)26-4/h6-15,19H,5,16H2,1-4H3,(H,23,25)/b15-14+. The average Bonchev–Trinajstić information content (AvgIpc) is 2.67. The first-order valence-corrected chi connectivity index (χ1v) is 9.03. The van der Waals surface area contributed by atoms with Crippen LogP contribution in [0.5, 0.6) is 11.5 Å². The molecule has 0 fully saturated rings. The van der Waals surface area contributed by atoms with Gasteiger partial charge in [-0.1, -0.05) is 36.4 Å². The van der Waals surface area contributed by atoms with Crippen LogP contribution < -0.4 is 14.8 Å². The van der Waals surface area contributed by atoms with E-state index in [-0.39, 0.29) is 11.9 Å². The van der Waals surface area contributed by atoms with E-state index in [0.29, 0.717) is 13.2 Å². The molecule has 0 saturated carbocycles. The van der Waals surface area contributed by atoms with Crippen LogP contribution in [-0.4, -0.2) is 45.2 Å². The maximum absolute atomic E-state index is 12.3. The third-order valence-corrected chi connectivity index (χ3v) is 4.22. The van der Waals surface area contributed by atoms with Crippen LogP contribution in [0.15, 0.2) is 54.6 Å². The minimum absolute atomic E-state index is 0.00853. The van der Waals surface area contributed by atoms with Crippen LogP contribution in [0.25, 0.3) is 6.08 Å². The Kier molecular flexibility index (Phi) is 7.89. The van der Waals surface area contributed by atoms with E-state index in [1.165, 1.54) is 6.08 Å². The summed E-state index contributed by atoms with van der Waals surface area (Å²) in [5.41, 5.74) is 1.92. The van der Waals surface area contributed by atoms with Gasteiger partial charge in [0.2, 0.25) is 5.91 Å². The molecule has 0 spiro atoms. The second-order valence-corrected chi connectivity index (χ2v) is 6.27. The minimum Gasteiger partial charge on any atom is -0.496 e. The summed E-state index contributed by atoms with van der Waals surface area (Å²) in [5.74, 6) is 1.43. The molecule has 0 aliphatic carbocycles. The van der Waals surface area contributed by atoms with Crippen molar-refractivity contribution in [2.24, 2.45) is 0 Å². The number of carbonyl (C=O) groups excluding carboxylic acids is 1. The maximum atomic E-state index is 12.3. The van der Waals surface area contributed by atoms with Gasteiger partial charge in [0, 0.05) is 23.7 Å². The summed E-state index contributed by atoms with van der Waals surface area (Å²) in [6.45, 7) is 3.00. The molecule has 1 amide bonds. The van der Waals surface area contributed by atoms with Crippen LogP contribution in [0, 0.1) is 0 Å². The largest absolute Gasteiger partial charge is 0.496 e. The van der Waals surface area contributed by atoms with Crippen molar-refractivity contribution < 1.29 is 14.3 Å². The second kappa shape index (κ2) is 10.4. The first kappa shape index (κ1) is 20.5. The van der Waals surface area contributed by atoms with Crippen molar-refractivity contribution in [3.8, 4) is 11.5 Å². The number of nitrogens with zero attached hydrogens (tertiary/aromatic N) is 1. The number of rotatable bonds is 9. The van der Waals surface area contributed by atoms with E-state index in [1.807, 2.05) is 69.6 Å². The van der Waals surface area contributed by atoms with Crippen LogP contribution in [0.3, 0.4) is 0 Å². The molecular formula is C22H28N2O3. The van der Waals surface area contributed by atoms with Crippen LogP contribution >= 0.6 is 0 Å². The third-order valence-electron chi connectivity index (χ3n) is 4.22. The van der Waals surface area contributed by atoms with Gasteiger partial charge in [0.05, 0.1) is 19.8 Å². The zero-order valence-electron chi connectivity index (χ0n) is 16.4. The number of hydrogen-bond acceptors (Lipinski definition) is 4. The number of amides is 1.